The first kappa shape index (κ1) is 19.4. The summed E-state index contributed by atoms with van der Waals surface area (Å²) in [6.45, 7) is 3.12. The van der Waals surface area contributed by atoms with Crippen molar-refractivity contribution in [3.8, 4) is 11.1 Å². The van der Waals surface area contributed by atoms with Crippen LogP contribution in [0.2, 0.25) is 0 Å². The van der Waals surface area contributed by atoms with Gasteiger partial charge in [0, 0.05) is 32.0 Å². The van der Waals surface area contributed by atoms with Crippen LogP contribution in [0, 0.1) is 0 Å². The number of hydrogen-bond donors (Lipinski definition) is 2. The van der Waals surface area contributed by atoms with Crippen molar-refractivity contribution in [3.63, 3.8) is 0 Å². The molecule has 0 spiro atoms. The lowest BCUT2D eigenvalue weighted by atomic mass is 10.1. The number of hydrogen-bond acceptors (Lipinski definition) is 3. The lowest BCUT2D eigenvalue weighted by Gasteiger charge is -2.13. The fourth-order valence-corrected chi connectivity index (χ4v) is 2.19. The van der Waals surface area contributed by atoms with Crippen LogP contribution in [0.15, 0.2) is 41.7 Å². The predicted octanol–water partition coefficient (Wildman–Crippen LogP) is 2.14. The van der Waals surface area contributed by atoms with E-state index in [1.807, 2.05) is 38.5 Å². The molecule has 1 atom stereocenters. The highest BCUT2D eigenvalue weighted by molar-refractivity contribution is 14.0. The third kappa shape index (κ3) is 6.19. The first-order valence-electron chi connectivity index (χ1n) is 7.22. The second kappa shape index (κ2) is 9.51. The smallest absolute Gasteiger partial charge is 0.189 e. The molecular weight excluding hydrogens is 405 g/mol. The first-order valence-corrected chi connectivity index (χ1v) is 7.22. The molecule has 0 aliphatic heterocycles. The number of methoxy groups -OCH3 is 1. The van der Waals surface area contributed by atoms with Crippen molar-refractivity contribution in [2.75, 3.05) is 13.7 Å². The van der Waals surface area contributed by atoms with Gasteiger partial charge in [-0.1, -0.05) is 18.2 Å². The van der Waals surface area contributed by atoms with Gasteiger partial charge in [-0.2, -0.15) is 5.10 Å². The van der Waals surface area contributed by atoms with Gasteiger partial charge in [-0.3, -0.25) is 4.68 Å². The Labute approximate surface area is 154 Å². The Bertz CT molecular complexity index is 641. The molecule has 0 radical (unpaired) electrons. The quantitative estimate of drug-likeness (QED) is 0.419. The van der Waals surface area contributed by atoms with E-state index >= 15 is 0 Å². The van der Waals surface area contributed by atoms with E-state index in [-0.39, 0.29) is 30.0 Å². The summed E-state index contributed by atoms with van der Waals surface area (Å²) in [7, 11) is 3.57. The molecular formula is C16H24IN5O. The van der Waals surface area contributed by atoms with Crippen molar-refractivity contribution in [1.82, 2.24) is 15.1 Å². The number of nitrogens with two attached hydrogens (primary N) is 1. The van der Waals surface area contributed by atoms with Crippen LogP contribution < -0.4 is 11.1 Å². The third-order valence-electron chi connectivity index (χ3n) is 3.21. The molecule has 1 heterocycles. The standard InChI is InChI=1S/C16H23N5O.HI/c1-12(11-22-3)20-16(17)18-8-13-5-4-6-14(7-13)15-9-19-21(2)10-15;/h4-7,9-10,12H,8,11H2,1-3H3,(H3,17,18,20);1H. The van der Waals surface area contributed by atoms with E-state index in [0.717, 1.165) is 16.7 Å². The zero-order valence-electron chi connectivity index (χ0n) is 13.7. The molecule has 7 heteroatoms. The van der Waals surface area contributed by atoms with E-state index in [0.29, 0.717) is 19.1 Å². The van der Waals surface area contributed by atoms with E-state index in [1.54, 1.807) is 11.8 Å². The number of aliphatic imine (C=N–C) groups is 1. The average Bonchev–Trinajstić information content (AvgIpc) is 2.92. The fourth-order valence-electron chi connectivity index (χ4n) is 2.19. The Morgan fingerprint density at radius 2 is 2.22 bits per heavy atom. The maximum absolute atomic E-state index is 5.88. The molecule has 0 aliphatic carbocycles. The van der Waals surface area contributed by atoms with Gasteiger partial charge < -0.3 is 15.8 Å². The summed E-state index contributed by atoms with van der Waals surface area (Å²) in [6, 6.07) is 8.36. The molecule has 0 saturated carbocycles. The highest BCUT2D eigenvalue weighted by atomic mass is 127. The van der Waals surface area contributed by atoms with Crippen LogP contribution in [-0.4, -0.2) is 35.5 Å². The van der Waals surface area contributed by atoms with Crippen LogP contribution in [0.5, 0.6) is 0 Å². The summed E-state index contributed by atoms with van der Waals surface area (Å²) in [5.41, 5.74) is 9.19. The maximum atomic E-state index is 5.88. The minimum Gasteiger partial charge on any atom is -0.383 e. The Morgan fingerprint density at radius 3 is 2.87 bits per heavy atom. The molecule has 1 unspecified atom stereocenters. The number of halogens is 1. The number of nitrogens with zero attached hydrogens (tertiary/aromatic N) is 3. The summed E-state index contributed by atoms with van der Waals surface area (Å²) >= 11 is 0. The number of benzene rings is 1. The molecule has 0 aliphatic rings. The third-order valence-corrected chi connectivity index (χ3v) is 3.21. The molecule has 0 amide bonds. The fraction of sp³-hybridized carbons (Fsp3) is 0.375. The Balaban J connectivity index is 0.00000264. The van der Waals surface area contributed by atoms with Crippen LogP contribution in [-0.2, 0) is 18.3 Å². The number of aryl methyl sites for hydroxylation is 1. The van der Waals surface area contributed by atoms with Crippen molar-refractivity contribution in [2.24, 2.45) is 17.8 Å². The summed E-state index contributed by atoms with van der Waals surface area (Å²) in [5.74, 6) is 0.427. The predicted molar refractivity (Wildman–Crippen MR) is 104 cm³/mol. The second-order valence-corrected chi connectivity index (χ2v) is 5.31. The molecule has 0 fully saturated rings. The summed E-state index contributed by atoms with van der Waals surface area (Å²) in [4.78, 5) is 4.36. The summed E-state index contributed by atoms with van der Waals surface area (Å²) in [6.07, 6.45) is 3.84. The van der Waals surface area contributed by atoms with Gasteiger partial charge in [0.15, 0.2) is 5.96 Å². The number of nitrogens with one attached hydrogen (secondary N) is 1. The van der Waals surface area contributed by atoms with Gasteiger partial charge in [-0.25, -0.2) is 4.99 Å². The van der Waals surface area contributed by atoms with Crippen LogP contribution in [0.1, 0.15) is 12.5 Å². The maximum Gasteiger partial charge on any atom is 0.189 e. The van der Waals surface area contributed by atoms with Gasteiger partial charge in [0.2, 0.25) is 0 Å². The molecule has 1 aromatic carbocycles. The number of rotatable bonds is 6. The van der Waals surface area contributed by atoms with Gasteiger partial charge in [0.1, 0.15) is 0 Å². The van der Waals surface area contributed by atoms with Crippen molar-refractivity contribution in [3.05, 3.63) is 42.2 Å². The number of aromatic nitrogens is 2. The highest BCUT2D eigenvalue weighted by Gasteiger charge is 2.03. The molecule has 126 valence electrons. The summed E-state index contributed by atoms with van der Waals surface area (Å²) < 4.78 is 6.84. The molecule has 0 bridgehead atoms. The monoisotopic (exact) mass is 429 g/mol. The van der Waals surface area contributed by atoms with Crippen LogP contribution >= 0.6 is 24.0 Å². The van der Waals surface area contributed by atoms with Crippen molar-refractivity contribution in [2.45, 2.75) is 19.5 Å². The van der Waals surface area contributed by atoms with E-state index in [2.05, 4.69) is 27.5 Å². The highest BCUT2D eigenvalue weighted by Crippen LogP contribution is 2.19. The Kier molecular flexibility index (Phi) is 8.04. The molecule has 1 aromatic heterocycles. The minimum absolute atomic E-state index is 0. The Hall–Kier alpha value is -1.61. The van der Waals surface area contributed by atoms with Crippen molar-refractivity contribution < 1.29 is 4.74 Å². The van der Waals surface area contributed by atoms with Crippen LogP contribution in [0.25, 0.3) is 11.1 Å². The first-order chi connectivity index (χ1) is 10.6. The van der Waals surface area contributed by atoms with E-state index < -0.39 is 0 Å². The Morgan fingerprint density at radius 1 is 1.43 bits per heavy atom. The topological polar surface area (TPSA) is 77.5 Å². The zero-order chi connectivity index (χ0) is 15.9. The number of guanidine groups is 1. The SMILES string of the molecule is COCC(C)NC(N)=NCc1cccc(-c2cnn(C)c2)c1.I. The molecule has 6 nitrogen and oxygen atoms in total. The largest absolute Gasteiger partial charge is 0.383 e. The van der Waals surface area contributed by atoms with E-state index in [9.17, 15) is 0 Å². The van der Waals surface area contributed by atoms with Gasteiger partial charge in [0.25, 0.3) is 0 Å². The van der Waals surface area contributed by atoms with E-state index in [1.165, 1.54) is 0 Å². The van der Waals surface area contributed by atoms with Crippen molar-refractivity contribution >= 4 is 29.9 Å². The summed E-state index contributed by atoms with van der Waals surface area (Å²) in [5, 5.41) is 7.28. The second-order valence-electron chi connectivity index (χ2n) is 5.31. The van der Waals surface area contributed by atoms with Crippen LogP contribution in [0.4, 0.5) is 0 Å². The molecule has 2 rings (SSSR count). The lowest BCUT2D eigenvalue weighted by Crippen LogP contribution is -2.40. The van der Waals surface area contributed by atoms with Gasteiger partial charge in [-0.05, 0) is 24.1 Å². The normalized spacial score (nSPS) is 12.6. The minimum atomic E-state index is 0. The van der Waals surface area contributed by atoms with Gasteiger partial charge in [0.05, 0.1) is 19.3 Å². The van der Waals surface area contributed by atoms with Crippen molar-refractivity contribution in [1.29, 1.82) is 0 Å². The molecule has 23 heavy (non-hydrogen) atoms. The van der Waals surface area contributed by atoms with Crippen LogP contribution in [0.3, 0.4) is 0 Å². The number of ether oxygens (including phenoxy) is 1. The zero-order valence-corrected chi connectivity index (χ0v) is 16.0. The molecule has 0 saturated heterocycles. The molecule has 2 aromatic rings. The van der Waals surface area contributed by atoms with Gasteiger partial charge >= 0.3 is 0 Å². The molecule has 3 N–H and O–H groups in total. The lowest BCUT2D eigenvalue weighted by molar-refractivity contribution is 0.179. The average molecular weight is 429 g/mol. The van der Waals surface area contributed by atoms with E-state index in [4.69, 9.17) is 10.5 Å². The van der Waals surface area contributed by atoms with Gasteiger partial charge in [-0.15, -0.1) is 24.0 Å².